The minimum Gasteiger partial charge on any atom is -0.444 e. The summed E-state index contributed by atoms with van der Waals surface area (Å²) < 4.78 is 5.42. The SMILES string of the molecule is Cc1ncc(C(=O)NN)nc1N1CCC2(CN(C(=O)OC(C)(C)C)C2)C1. The van der Waals surface area contributed by atoms with E-state index in [2.05, 4.69) is 20.3 Å². The predicted octanol–water partition coefficient (Wildman–Crippen LogP) is 0.836. The number of hydrogen-bond acceptors (Lipinski definition) is 7. The Hall–Kier alpha value is -2.42. The summed E-state index contributed by atoms with van der Waals surface area (Å²) in [7, 11) is 0. The van der Waals surface area contributed by atoms with Crippen LogP contribution in [0.4, 0.5) is 10.6 Å². The molecular weight excluding hydrogens is 336 g/mol. The third-order valence-corrected chi connectivity index (χ3v) is 4.74. The highest BCUT2D eigenvalue weighted by Crippen LogP contribution is 2.41. The second kappa shape index (κ2) is 6.39. The van der Waals surface area contributed by atoms with Crippen molar-refractivity contribution in [2.45, 2.75) is 39.7 Å². The van der Waals surface area contributed by atoms with Gasteiger partial charge in [0.1, 0.15) is 11.3 Å². The molecular formula is C17H26N6O3. The Labute approximate surface area is 152 Å². The second-order valence-corrected chi connectivity index (χ2v) is 8.15. The van der Waals surface area contributed by atoms with Gasteiger partial charge in [0.15, 0.2) is 5.82 Å². The number of carbonyl (C=O) groups is 2. The molecule has 0 aromatic carbocycles. The molecule has 0 aliphatic carbocycles. The van der Waals surface area contributed by atoms with Crippen LogP contribution in [0.2, 0.25) is 0 Å². The van der Waals surface area contributed by atoms with E-state index in [9.17, 15) is 9.59 Å². The number of rotatable bonds is 2. The van der Waals surface area contributed by atoms with Crippen molar-refractivity contribution in [2.24, 2.45) is 11.3 Å². The number of aryl methyl sites for hydroxylation is 1. The van der Waals surface area contributed by atoms with Gasteiger partial charge in [-0.1, -0.05) is 0 Å². The Morgan fingerprint density at radius 2 is 2.00 bits per heavy atom. The van der Waals surface area contributed by atoms with Crippen molar-refractivity contribution in [3.63, 3.8) is 0 Å². The maximum Gasteiger partial charge on any atom is 0.410 e. The van der Waals surface area contributed by atoms with Gasteiger partial charge in [-0.2, -0.15) is 0 Å². The highest BCUT2D eigenvalue weighted by molar-refractivity contribution is 5.91. The molecule has 2 aliphatic heterocycles. The number of likely N-dealkylation sites (tertiary alicyclic amines) is 1. The smallest absolute Gasteiger partial charge is 0.410 e. The van der Waals surface area contributed by atoms with Crippen LogP contribution in [0.5, 0.6) is 0 Å². The van der Waals surface area contributed by atoms with Crippen molar-refractivity contribution in [1.82, 2.24) is 20.3 Å². The predicted molar refractivity (Wildman–Crippen MR) is 95.5 cm³/mol. The van der Waals surface area contributed by atoms with Gasteiger partial charge in [-0.25, -0.2) is 15.6 Å². The zero-order chi connectivity index (χ0) is 19.1. The molecule has 0 bridgehead atoms. The molecule has 0 radical (unpaired) electrons. The average Bonchev–Trinajstić information content (AvgIpc) is 2.97. The van der Waals surface area contributed by atoms with Crippen LogP contribution >= 0.6 is 0 Å². The largest absolute Gasteiger partial charge is 0.444 e. The molecule has 0 atom stereocenters. The van der Waals surface area contributed by atoms with Gasteiger partial charge < -0.3 is 14.5 Å². The molecule has 2 fully saturated rings. The van der Waals surface area contributed by atoms with Gasteiger partial charge in [0.05, 0.1) is 11.9 Å². The first-order valence-electron chi connectivity index (χ1n) is 8.70. The first-order valence-corrected chi connectivity index (χ1v) is 8.70. The summed E-state index contributed by atoms with van der Waals surface area (Å²) in [6.07, 6.45) is 2.11. The standard InChI is InChI=1S/C17H26N6O3/c1-11-13(20-12(7-19-11)14(24)21-18)22-6-5-17(8-22)9-23(10-17)15(25)26-16(2,3)4/h7H,5-6,8-10,18H2,1-4H3,(H,21,24). The Morgan fingerprint density at radius 3 is 2.62 bits per heavy atom. The molecule has 3 heterocycles. The van der Waals surface area contributed by atoms with Gasteiger partial charge in [0, 0.05) is 31.6 Å². The number of nitrogens with two attached hydrogens (primary N) is 1. The average molecular weight is 362 g/mol. The monoisotopic (exact) mass is 362 g/mol. The molecule has 2 aliphatic rings. The summed E-state index contributed by atoms with van der Waals surface area (Å²) in [5.74, 6) is 5.40. The number of ether oxygens (including phenoxy) is 1. The van der Waals surface area contributed by atoms with Crippen LogP contribution < -0.4 is 16.2 Å². The molecule has 0 unspecified atom stereocenters. The summed E-state index contributed by atoms with van der Waals surface area (Å²) in [5, 5.41) is 0. The number of carbonyl (C=O) groups excluding carboxylic acids is 2. The highest BCUT2D eigenvalue weighted by Gasteiger charge is 2.50. The van der Waals surface area contributed by atoms with Gasteiger partial charge >= 0.3 is 6.09 Å². The van der Waals surface area contributed by atoms with Crippen LogP contribution in [0.1, 0.15) is 43.4 Å². The lowest BCUT2D eigenvalue weighted by molar-refractivity contribution is -0.0266. The van der Waals surface area contributed by atoms with E-state index in [0.717, 1.165) is 25.2 Å². The number of nitrogens with one attached hydrogen (secondary N) is 1. The number of hydrogen-bond donors (Lipinski definition) is 2. The van der Waals surface area contributed by atoms with Crippen molar-refractivity contribution < 1.29 is 14.3 Å². The van der Waals surface area contributed by atoms with E-state index >= 15 is 0 Å². The van der Waals surface area contributed by atoms with Crippen molar-refractivity contribution in [3.8, 4) is 0 Å². The summed E-state index contributed by atoms with van der Waals surface area (Å²) in [5.41, 5.74) is 2.60. The molecule has 142 valence electrons. The van der Waals surface area contributed by atoms with Crippen LogP contribution in [0.15, 0.2) is 6.20 Å². The van der Waals surface area contributed by atoms with E-state index in [4.69, 9.17) is 10.6 Å². The third-order valence-electron chi connectivity index (χ3n) is 4.74. The van der Waals surface area contributed by atoms with Crippen molar-refractivity contribution in [3.05, 3.63) is 17.6 Å². The normalized spacial score (nSPS) is 18.7. The van der Waals surface area contributed by atoms with E-state index in [0.29, 0.717) is 18.9 Å². The minimum atomic E-state index is -0.488. The Kier molecular flexibility index (Phi) is 4.51. The lowest BCUT2D eigenvalue weighted by Gasteiger charge is -2.47. The molecule has 26 heavy (non-hydrogen) atoms. The topological polar surface area (TPSA) is 114 Å². The fraction of sp³-hybridized carbons (Fsp3) is 0.647. The first-order chi connectivity index (χ1) is 12.1. The minimum absolute atomic E-state index is 0.0527. The van der Waals surface area contributed by atoms with Crippen molar-refractivity contribution in [1.29, 1.82) is 0 Å². The van der Waals surface area contributed by atoms with E-state index in [-0.39, 0.29) is 17.2 Å². The molecule has 1 spiro atoms. The van der Waals surface area contributed by atoms with Crippen LogP contribution in [-0.2, 0) is 4.74 Å². The highest BCUT2D eigenvalue weighted by atomic mass is 16.6. The van der Waals surface area contributed by atoms with E-state index in [1.807, 2.05) is 27.7 Å². The summed E-state index contributed by atoms with van der Waals surface area (Å²) >= 11 is 0. The summed E-state index contributed by atoms with van der Waals surface area (Å²) in [6.45, 7) is 10.4. The Morgan fingerprint density at radius 1 is 1.31 bits per heavy atom. The first kappa shape index (κ1) is 18.4. The maximum absolute atomic E-state index is 12.2. The van der Waals surface area contributed by atoms with E-state index in [1.165, 1.54) is 6.20 Å². The van der Waals surface area contributed by atoms with Crippen LogP contribution in [-0.4, -0.2) is 58.6 Å². The number of aromatic nitrogens is 2. The second-order valence-electron chi connectivity index (χ2n) is 8.15. The molecule has 9 heteroatoms. The Bertz CT molecular complexity index is 724. The lowest BCUT2D eigenvalue weighted by Crippen LogP contribution is -2.60. The molecule has 2 amide bonds. The lowest BCUT2D eigenvalue weighted by atomic mass is 9.79. The van der Waals surface area contributed by atoms with E-state index in [1.54, 1.807) is 4.90 Å². The third kappa shape index (κ3) is 3.57. The number of hydrazine groups is 1. The van der Waals surface area contributed by atoms with Gasteiger partial charge in [0.2, 0.25) is 0 Å². The molecule has 1 aromatic rings. The molecule has 0 saturated carbocycles. The molecule has 3 rings (SSSR count). The summed E-state index contributed by atoms with van der Waals surface area (Å²) in [6, 6.07) is 0. The van der Waals surface area contributed by atoms with Crippen molar-refractivity contribution >= 4 is 17.8 Å². The fourth-order valence-electron chi connectivity index (χ4n) is 3.52. The summed E-state index contributed by atoms with van der Waals surface area (Å²) in [4.78, 5) is 36.4. The van der Waals surface area contributed by atoms with Crippen LogP contribution in [0.3, 0.4) is 0 Å². The van der Waals surface area contributed by atoms with Gasteiger partial charge in [0.25, 0.3) is 5.91 Å². The van der Waals surface area contributed by atoms with Gasteiger partial charge in [-0.05, 0) is 34.1 Å². The molecule has 3 N–H and O–H groups in total. The number of nitrogen functional groups attached to an aromatic ring is 1. The number of anilines is 1. The number of amides is 2. The zero-order valence-corrected chi connectivity index (χ0v) is 15.7. The van der Waals surface area contributed by atoms with Gasteiger partial charge in [-0.15, -0.1) is 0 Å². The van der Waals surface area contributed by atoms with Crippen LogP contribution in [0.25, 0.3) is 0 Å². The maximum atomic E-state index is 12.2. The van der Waals surface area contributed by atoms with Crippen LogP contribution in [0, 0.1) is 12.3 Å². The molecule has 9 nitrogen and oxygen atoms in total. The number of nitrogens with zero attached hydrogens (tertiary/aromatic N) is 4. The van der Waals surface area contributed by atoms with Crippen molar-refractivity contribution in [2.75, 3.05) is 31.1 Å². The fourth-order valence-corrected chi connectivity index (χ4v) is 3.52. The molecule has 1 aromatic heterocycles. The Balaban J connectivity index is 1.65. The van der Waals surface area contributed by atoms with Gasteiger partial charge in [-0.3, -0.25) is 15.2 Å². The van der Waals surface area contributed by atoms with E-state index < -0.39 is 11.5 Å². The molecule has 2 saturated heterocycles. The quantitative estimate of drug-likeness (QED) is 0.455. The zero-order valence-electron chi connectivity index (χ0n) is 15.7.